The molecule has 0 radical (unpaired) electrons. The summed E-state index contributed by atoms with van der Waals surface area (Å²) in [5.74, 6) is 0.932. The van der Waals surface area contributed by atoms with E-state index in [4.69, 9.17) is 4.74 Å². The third-order valence-electron chi connectivity index (χ3n) is 9.07. The van der Waals surface area contributed by atoms with Gasteiger partial charge in [-0.15, -0.1) is 0 Å². The van der Waals surface area contributed by atoms with Crippen LogP contribution in [-0.4, -0.2) is 46.2 Å². The summed E-state index contributed by atoms with van der Waals surface area (Å²) in [4.78, 5) is 12.3. The summed E-state index contributed by atoms with van der Waals surface area (Å²) in [6, 6.07) is 0. The Hall–Kier alpha value is -1.69. The first-order chi connectivity index (χ1) is 16.4. The maximum atomic E-state index is 12.3. The maximum Gasteiger partial charge on any atom is 0.314 e. The number of esters is 1. The zero-order chi connectivity index (χ0) is 26.0. The highest BCUT2D eigenvalue weighted by atomic mass is 16.5. The van der Waals surface area contributed by atoms with Gasteiger partial charge in [0.05, 0.1) is 30.3 Å². The number of hydrogen-bond donors (Lipinski definition) is 3. The summed E-state index contributed by atoms with van der Waals surface area (Å²) in [5, 5.41) is 31.0. The Morgan fingerprint density at radius 2 is 1.97 bits per heavy atom. The van der Waals surface area contributed by atoms with Gasteiger partial charge in [0.25, 0.3) is 0 Å². The molecule has 0 spiro atoms. The Bertz CT molecular complexity index is 881. The Kier molecular flexibility index (Phi) is 8.88. The predicted octanol–water partition coefficient (Wildman–Crippen LogP) is 5.27. The molecule has 5 heteroatoms. The predicted molar refractivity (Wildman–Crippen MR) is 139 cm³/mol. The van der Waals surface area contributed by atoms with Gasteiger partial charge in [-0.05, 0) is 93.6 Å². The molecule has 5 nitrogen and oxygen atoms in total. The second-order valence-electron chi connectivity index (χ2n) is 11.8. The second-order valence-corrected chi connectivity index (χ2v) is 11.8. The quantitative estimate of drug-likeness (QED) is 0.337. The summed E-state index contributed by atoms with van der Waals surface area (Å²) >= 11 is 0. The molecule has 0 unspecified atom stereocenters. The van der Waals surface area contributed by atoms with Crippen molar-refractivity contribution in [1.29, 1.82) is 0 Å². The number of carbonyl (C=O) groups is 1. The second kappa shape index (κ2) is 11.1. The van der Waals surface area contributed by atoms with E-state index in [1.54, 1.807) is 26.8 Å². The first-order valence-electron chi connectivity index (χ1n) is 13.4. The summed E-state index contributed by atoms with van der Waals surface area (Å²) in [7, 11) is 0. The molecule has 3 aliphatic carbocycles. The molecule has 0 aromatic carbocycles. The lowest BCUT2D eigenvalue weighted by molar-refractivity contribution is -0.158. The maximum absolute atomic E-state index is 12.3. The number of fused-ring (bicyclic) bond motifs is 1. The van der Waals surface area contributed by atoms with E-state index in [1.165, 1.54) is 12.0 Å². The van der Waals surface area contributed by atoms with Crippen LogP contribution in [0.3, 0.4) is 0 Å². The summed E-state index contributed by atoms with van der Waals surface area (Å²) in [6.45, 7) is 14.2. The van der Waals surface area contributed by atoms with Crippen molar-refractivity contribution >= 4 is 5.97 Å². The molecule has 0 saturated heterocycles. The Morgan fingerprint density at radius 3 is 2.66 bits per heavy atom. The number of aliphatic hydroxyl groups is 3. The number of rotatable bonds is 7. The van der Waals surface area contributed by atoms with E-state index < -0.39 is 23.7 Å². The molecule has 7 atom stereocenters. The van der Waals surface area contributed by atoms with Gasteiger partial charge in [0.1, 0.15) is 0 Å². The van der Waals surface area contributed by atoms with Crippen molar-refractivity contribution in [2.45, 2.75) is 97.9 Å². The molecule has 196 valence electrons. The van der Waals surface area contributed by atoms with Gasteiger partial charge in [-0.1, -0.05) is 50.3 Å². The molecule has 0 heterocycles. The molecule has 0 amide bonds. The molecule has 3 aliphatic rings. The van der Waals surface area contributed by atoms with E-state index in [0.717, 1.165) is 36.8 Å². The van der Waals surface area contributed by atoms with Crippen molar-refractivity contribution in [1.82, 2.24) is 0 Å². The molecule has 35 heavy (non-hydrogen) atoms. The summed E-state index contributed by atoms with van der Waals surface area (Å²) < 4.78 is 5.14. The standard InChI is InChI=1S/C30H46O5/c1-7-35-28(34)29(4,5)27(33)15-10-19(2)24-13-14-25-21(9-8-16-30(24,25)6)11-12-22-17-23(31)18-26(32)20(22)3/h10-12,15,19,23-27,31-33H,3,7-9,13-14,16-18H2,1-2,4-6H3/b15-10+,21-11+,22-12-/t19-,23-,24-,25+,26+,27-,30-/m1/s1. The number of ether oxygens (including phenoxy) is 1. The molecular weight excluding hydrogens is 440 g/mol. The zero-order valence-corrected chi connectivity index (χ0v) is 22.3. The summed E-state index contributed by atoms with van der Waals surface area (Å²) in [6.07, 6.45) is 12.8. The highest BCUT2D eigenvalue weighted by molar-refractivity contribution is 5.77. The van der Waals surface area contributed by atoms with Crippen molar-refractivity contribution in [2.24, 2.45) is 28.6 Å². The molecule has 0 aliphatic heterocycles. The third kappa shape index (κ3) is 5.84. The van der Waals surface area contributed by atoms with Crippen molar-refractivity contribution < 1.29 is 24.9 Å². The topological polar surface area (TPSA) is 87.0 Å². The van der Waals surface area contributed by atoms with Gasteiger partial charge in [0, 0.05) is 6.42 Å². The van der Waals surface area contributed by atoms with Gasteiger partial charge in [-0.25, -0.2) is 0 Å². The molecule has 0 aromatic heterocycles. The van der Waals surface area contributed by atoms with Crippen LogP contribution in [0.15, 0.2) is 47.6 Å². The van der Waals surface area contributed by atoms with E-state index in [2.05, 4.69) is 38.7 Å². The third-order valence-corrected chi connectivity index (χ3v) is 9.07. The fourth-order valence-electron chi connectivity index (χ4n) is 6.70. The zero-order valence-electron chi connectivity index (χ0n) is 22.3. The van der Waals surface area contributed by atoms with Crippen LogP contribution in [0, 0.1) is 28.6 Å². The van der Waals surface area contributed by atoms with Crippen molar-refractivity contribution in [3.05, 3.63) is 47.6 Å². The van der Waals surface area contributed by atoms with E-state index in [1.807, 2.05) is 0 Å². The Morgan fingerprint density at radius 1 is 1.26 bits per heavy atom. The van der Waals surface area contributed by atoms with Crippen molar-refractivity contribution in [3.8, 4) is 0 Å². The fourth-order valence-corrected chi connectivity index (χ4v) is 6.70. The van der Waals surface area contributed by atoms with Crippen LogP contribution in [0.25, 0.3) is 0 Å². The van der Waals surface area contributed by atoms with Crippen LogP contribution in [0.2, 0.25) is 0 Å². The normalized spacial score (nSPS) is 35.9. The van der Waals surface area contributed by atoms with E-state index in [9.17, 15) is 20.1 Å². The SMILES string of the molecule is C=C1/C(=C\C=C2/CCC[C@]3(C)[C@@H]([C@H](C)/C=C/[C@@H](O)C(C)(C)C(=O)OCC)CC[C@@H]23)C[C@@H](O)C[C@@H]1O. The fraction of sp³-hybridized carbons (Fsp3) is 0.700. The highest BCUT2D eigenvalue weighted by Crippen LogP contribution is 2.59. The minimum absolute atomic E-state index is 0.191. The van der Waals surface area contributed by atoms with Crippen LogP contribution in [0.4, 0.5) is 0 Å². The van der Waals surface area contributed by atoms with Crippen LogP contribution in [-0.2, 0) is 9.53 Å². The smallest absolute Gasteiger partial charge is 0.314 e. The monoisotopic (exact) mass is 486 g/mol. The first kappa shape index (κ1) is 27.9. The largest absolute Gasteiger partial charge is 0.465 e. The molecular formula is C30H46O5. The lowest BCUT2D eigenvalue weighted by Gasteiger charge is -2.44. The minimum Gasteiger partial charge on any atom is -0.465 e. The van der Waals surface area contributed by atoms with Gasteiger partial charge < -0.3 is 20.1 Å². The molecule has 3 saturated carbocycles. The lowest BCUT2D eigenvalue weighted by Crippen LogP contribution is -2.38. The van der Waals surface area contributed by atoms with Gasteiger partial charge in [-0.2, -0.15) is 0 Å². The van der Waals surface area contributed by atoms with Gasteiger partial charge >= 0.3 is 5.97 Å². The molecule has 0 bridgehead atoms. The van der Waals surface area contributed by atoms with Crippen LogP contribution in [0.1, 0.15) is 79.6 Å². The average molecular weight is 487 g/mol. The van der Waals surface area contributed by atoms with Gasteiger partial charge in [0.15, 0.2) is 0 Å². The van der Waals surface area contributed by atoms with Crippen LogP contribution >= 0.6 is 0 Å². The number of aliphatic hydroxyl groups excluding tert-OH is 3. The Labute approximate surface area is 211 Å². The van der Waals surface area contributed by atoms with Crippen molar-refractivity contribution in [3.63, 3.8) is 0 Å². The average Bonchev–Trinajstić information content (AvgIpc) is 3.16. The van der Waals surface area contributed by atoms with Gasteiger partial charge in [-0.3, -0.25) is 4.79 Å². The minimum atomic E-state index is -0.979. The molecule has 3 N–H and O–H groups in total. The summed E-state index contributed by atoms with van der Waals surface area (Å²) in [5.41, 5.74) is 2.37. The number of carbonyl (C=O) groups excluding carboxylic acids is 1. The Balaban J connectivity index is 1.73. The highest BCUT2D eigenvalue weighted by Gasteiger charge is 2.50. The van der Waals surface area contributed by atoms with E-state index >= 15 is 0 Å². The first-order valence-corrected chi connectivity index (χ1v) is 13.4. The number of hydrogen-bond acceptors (Lipinski definition) is 5. The lowest BCUT2D eigenvalue weighted by atomic mass is 9.61. The van der Waals surface area contributed by atoms with Crippen LogP contribution < -0.4 is 0 Å². The van der Waals surface area contributed by atoms with E-state index in [0.29, 0.717) is 37.2 Å². The van der Waals surface area contributed by atoms with Crippen LogP contribution in [0.5, 0.6) is 0 Å². The van der Waals surface area contributed by atoms with Crippen molar-refractivity contribution in [2.75, 3.05) is 6.61 Å². The van der Waals surface area contributed by atoms with Gasteiger partial charge in [0.2, 0.25) is 0 Å². The molecule has 3 rings (SSSR count). The molecule has 0 aromatic rings. The molecule has 3 fully saturated rings. The van der Waals surface area contributed by atoms with E-state index in [-0.39, 0.29) is 11.4 Å². The number of allylic oxidation sites excluding steroid dienone is 4.